The molecule has 1 N–H and O–H groups in total. The van der Waals surface area contributed by atoms with Crippen LogP contribution < -0.4 is 14.4 Å². The Labute approximate surface area is 190 Å². The number of hydrogen-bond acceptors (Lipinski definition) is 5. The van der Waals surface area contributed by atoms with Crippen LogP contribution in [0.4, 0.5) is 10.1 Å². The summed E-state index contributed by atoms with van der Waals surface area (Å²) in [6.07, 6.45) is 0. The molecule has 0 radical (unpaired) electrons. The number of methoxy groups -OCH3 is 2. The first-order valence-electron chi connectivity index (χ1n) is 10.2. The molecule has 33 heavy (non-hydrogen) atoms. The van der Waals surface area contributed by atoms with Crippen molar-refractivity contribution in [1.29, 1.82) is 0 Å². The Balaban J connectivity index is 2.02. The van der Waals surface area contributed by atoms with E-state index < -0.39 is 29.3 Å². The summed E-state index contributed by atoms with van der Waals surface area (Å²) in [6.45, 7) is 1.83. The lowest BCUT2D eigenvalue weighted by Crippen LogP contribution is -2.30. The summed E-state index contributed by atoms with van der Waals surface area (Å²) in [4.78, 5) is 27.9. The maximum atomic E-state index is 14.0. The normalized spacial score (nSPS) is 17.3. The van der Waals surface area contributed by atoms with Gasteiger partial charge in [-0.3, -0.25) is 14.5 Å². The van der Waals surface area contributed by atoms with Gasteiger partial charge in [-0.15, -0.1) is 0 Å². The number of para-hydroxylation sites is 1. The predicted octanol–water partition coefficient (Wildman–Crippen LogP) is 4.78. The summed E-state index contributed by atoms with van der Waals surface area (Å²) in [5.41, 5.74) is 1.66. The largest absolute Gasteiger partial charge is 0.507 e. The van der Waals surface area contributed by atoms with Gasteiger partial charge in [0.2, 0.25) is 0 Å². The highest BCUT2D eigenvalue weighted by atomic mass is 19.1. The summed E-state index contributed by atoms with van der Waals surface area (Å²) < 4.78 is 24.6. The second-order valence-corrected chi connectivity index (χ2v) is 7.58. The summed E-state index contributed by atoms with van der Waals surface area (Å²) >= 11 is 0. The molecular formula is C26H22FNO5. The molecule has 4 rings (SSSR count). The Morgan fingerprint density at radius 1 is 0.970 bits per heavy atom. The molecule has 1 amide bonds. The first kappa shape index (κ1) is 22.1. The number of ketones is 1. The van der Waals surface area contributed by atoms with Gasteiger partial charge in [0.05, 0.1) is 31.4 Å². The Morgan fingerprint density at radius 3 is 2.42 bits per heavy atom. The number of amides is 1. The number of hydrogen-bond donors (Lipinski definition) is 1. The van der Waals surface area contributed by atoms with Crippen molar-refractivity contribution in [2.75, 3.05) is 19.1 Å². The van der Waals surface area contributed by atoms with E-state index in [1.54, 1.807) is 36.4 Å². The quantitative estimate of drug-likeness (QED) is 0.346. The highest BCUT2D eigenvalue weighted by molar-refractivity contribution is 6.51. The van der Waals surface area contributed by atoms with Crippen LogP contribution in [-0.4, -0.2) is 31.0 Å². The fourth-order valence-corrected chi connectivity index (χ4v) is 4.05. The molecule has 0 saturated carbocycles. The number of carbonyl (C=O) groups is 2. The van der Waals surface area contributed by atoms with Crippen molar-refractivity contribution in [2.24, 2.45) is 0 Å². The number of aliphatic hydroxyl groups is 1. The van der Waals surface area contributed by atoms with Crippen LogP contribution in [0, 0.1) is 12.7 Å². The van der Waals surface area contributed by atoms with E-state index in [-0.39, 0.29) is 16.9 Å². The van der Waals surface area contributed by atoms with E-state index in [4.69, 9.17) is 9.47 Å². The molecule has 1 aliphatic heterocycles. The number of ether oxygens (including phenoxy) is 2. The van der Waals surface area contributed by atoms with Crippen molar-refractivity contribution in [2.45, 2.75) is 13.0 Å². The van der Waals surface area contributed by atoms with E-state index in [0.29, 0.717) is 17.0 Å². The third-order valence-electron chi connectivity index (χ3n) is 5.65. The highest BCUT2D eigenvalue weighted by Gasteiger charge is 2.47. The van der Waals surface area contributed by atoms with Gasteiger partial charge in [-0.2, -0.15) is 0 Å². The number of carbonyl (C=O) groups excluding carboxylic acids is 2. The maximum absolute atomic E-state index is 14.0. The average molecular weight is 447 g/mol. The van der Waals surface area contributed by atoms with Gasteiger partial charge in [-0.25, -0.2) is 4.39 Å². The molecule has 3 aromatic carbocycles. The fraction of sp³-hybridized carbons (Fsp3) is 0.154. The van der Waals surface area contributed by atoms with E-state index in [1.165, 1.54) is 31.3 Å². The number of halogens is 1. The van der Waals surface area contributed by atoms with Crippen molar-refractivity contribution in [3.05, 3.63) is 94.8 Å². The van der Waals surface area contributed by atoms with Gasteiger partial charge in [0, 0.05) is 5.69 Å². The SMILES string of the molecule is COc1cccc(C2/C(=C(\O)c3cc(F)ccc3OC)C(=O)C(=O)N2c2ccccc2C)c1. The Morgan fingerprint density at radius 2 is 1.73 bits per heavy atom. The molecule has 168 valence electrons. The molecule has 1 aliphatic rings. The van der Waals surface area contributed by atoms with Crippen molar-refractivity contribution in [3.63, 3.8) is 0 Å². The minimum absolute atomic E-state index is 0.0202. The smallest absolute Gasteiger partial charge is 0.300 e. The zero-order valence-electron chi connectivity index (χ0n) is 18.3. The topological polar surface area (TPSA) is 76.1 Å². The minimum atomic E-state index is -0.964. The number of Topliss-reactive ketones (excluding diaryl/α,β-unsaturated/α-hetero) is 1. The molecule has 7 heteroatoms. The second kappa shape index (κ2) is 8.78. The van der Waals surface area contributed by atoms with Gasteiger partial charge in [0.15, 0.2) is 0 Å². The molecule has 1 heterocycles. The van der Waals surface area contributed by atoms with E-state index >= 15 is 0 Å². The van der Waals surface area contributed by atoms with E-state index in [2.05, 4.69) is 0 Å². The molecule has 1 saturated heterocycles. The standard InChI is InChI=1S/C26H22FNO5/c1-15-7-4-5-10-20(15)28-23(16-8-6-9-18(13-16)32-2)22(25(30)26(28)31)24(29)19-14-17(27)11-12-21(19)33-3/h4-14,23,29H,1-3H3/b24-22+. The lowest BCUT2D eigenvalue weighted by Gasteiger charge is -2.27. The van der Waals surface area contributed by atoms with Crippen LogP contribution in [0.25, 0.3) is 5.76 Å². The molecule has 1 atom stereocenters. The molecule has 0 aliphatic carbocycles. The number of aryl methyl sites for hydroxylation is 1. The van der Waals surface area contributed by atoms with Crippen LogP contribution >= 0.6 is 0 Å². The third-order valence-corrected chi connectivity index (χ3v) is 5.65. The monoisotopic (exact) mass is 447 g/mol. The molecule has 6 nitrogen and oxygen atoms in total. The van der Waals surface area contributed by atoms with Crippen LogP contribution in [0.3, 0.4) is 0 Å². The molecule has 0 spiro atoms. The Hall–Kier alpha value is -4.13. The number of aliphatic hydroxyl groups excluding tert-OH is 1. The van der Waals surface area contributed by atoms with Gasteiger partial charge >= 0.3 is 0 Å². The fourth-order valence-electron chi connectivity index (χ4n) is 4.05. The van der Waals surface area contributed by atoms with Gasteiger partial charge in [0.1, 0.15) is 23.1 Å². The van der Waals surface area contributed by atoms with Crippen molar-refractivity contribution in [3.8, 4) is 11.5 Å². The minimum Gasteiger partial charge on any atom is -0.507 e. The molecule has 3 aromatic rings. The first-order valence-corrected chi connectivity index (χ1v) is 10.2. The first-order chi connectivity index (χ1) is 15.9. The summed E-state index contributed by atoms with van der Waals surface area (Å²) in [5, 5.41) is 11.2. The molecule has 0 bridgehead atoms. The number of rotatable bonds is 5. The highest BCUT2D eigenvalue weighted by Crippen LogP contribution is 2.44. The van der Waals surface area contributed by atoms with Crippen molar-refractivity contribution >= 4 is 23.1 Å². The van der Waals surface area contributed by atoms with Crippen molar-refractivity contribution < 1.29 is 28.6 Å². The zero-order chi connectivity index (χ0) is 23.7. The molecule has 1 unspecified atom stereocenters. The van der Waals surface area contributed by atoms with Crippen LogP contribution in [0.5, 0.6) is 11.5 Å². The number of anilines is 1. The predicted molar refractivity (Wildman–Crippen MR) is 122 cm³/mol. The van der Waals surface area contributed by atoms with Gasteiger partial charge in [0.25, 0.3) is 11.7 Å². The lowest BCUT2D eigenvalue weighted by atomic mass is 9.94. The van der Waals surface area contributed by atoms with Crippen LogP contribution in [-0.2, 0) is 9.59 Å². The van der Waals surface area contributed by atoms with Crippen molar-refractivity contribution in [1.82, 2.24) is 0 Å². The summed E-state index contributed by atoms with van der Waals surface area (Å²) in [5.74, 6) is -2.13. The second-order valence-electron chi connectivity index (χ2n) is 7.58. The molecule has 0 aromatic heterocycles. The van der Waals surface area contributed by atoms with E-state index in [9.17, 15) is 19.1 Å². The summed E-state index contributed by atoms with van der Waals surface area (Å²) in [7, 11) is 2.88. The maximum Gasteiger partial charge on any atom is 0.300 e. The summed E-state index contributed by atoms with van der Waals surface area (Å²) in [6, 6.07) is 16.7. The van der Waals surface area contributed by atoms with E-state index in [0.717, 1.165) is 11.6 Å². The van der Waals surface area contributed by atoms with Gasteiger partial charge in [-0.1, -0.05) is 30.3 Å². The van der Waals surface area contributed by atoms with E-state index in [1.807, 2.05) is 19.1 Å². The Kier molecular flexibility index (Phi) is 5.87. The average Bonchev–Trinajstić information content (AvgIpc) is 3.09. The van der Waals surface area contributed by atoms with Crippen LogP contribution in [0.15, 0.2) is 72.3 Å². The molecule has 1 fully saturated rings. The Bertz CT molecular complexity index is 1280. The number of nitrogens with zero attached hydrogens (tertiary/aromatic N) is 1. The number of benzene rings is 3. The van der Waals surface area contributed by atoms with Gasteiger partial charge in [-0.05, 0) is 54.4 Å². The van der Waals surface area contributed by atoms with Crippen LogP contribution in [0.2, 0.25) is 0 Å². The zero-order valence-corrected chi connectivity index (χ0v) is 18.3. The van der Waals surface area contributed by atoms with Crippen LogP contribution in [0.1, 0.15) is 22.7 Å². The molecular weight excluding hydrogens is 425 g/mol. The third kappa shape index (κ3) is 3.82. The van der Waals surface area contributed by atoms with Gasteiger partial charge < -0.3 is 14.6 Å². The lowest BCUT2D eigenvalue weighted by molar-refractivity contribution is -0.132.